The number of carbonyl (C=O) groups is 1. The van der Waals surface area contributed by atoms with Crippen LogP contribution in [0.5, 0.6) is 0 Å². The van der Waals surface area contributed by atoms with E-state index in [2.05, 4.69) is 17.5 Å². The number of hydrogen-bond acceptors (Lipinski definition) is 3. The average Bonchev–Trinajstić information content (AvgIpc) is 2.47. The molecule has 4 nitrogen and oxygen atoms in total. The second kappa shape index (κ2) is 6.43. The van der Waals surface area contributed by atoms with Gasteiger partial charge in [-0.3, -0.25) is 4.79 Å². The first kappa shape index (κ1) is 15.8. The minimum atomic E-state index is -3.18. The van der Waals surface area contributed by atoms with Crippen LogP contribution in [0.15, 0.2) is 41.3 Å². The Kier molecular flexibility index (Phi) is 4.83. The van der Waals surface area contributed by atoms with Crippen LogP contribution in [0.2, 0.25) is 0 Å². The van der Waals surface area contributed by atoms with Crippen molar-refractivity contribution in [3.63, 3.8) is 0 Å². The van der Waals surface area contributed by atoms with Gasteiger partial charge in [-0.15, -0.1) is 0 Å². The van der Waals surface area contributed by atoms with Gasteiger partial charge in [0.25, 0.3) is 0 Å². The Morgan fingerprint density at radius 3 is 2.43 bits per heavy atom. The van der Waals surface area contributed by atoms with Crippen molar-refractivity contribution in [3.05, 3.63) is 42.0 Å². The topological polar surface area (TPSA) is 63.2 Å². The van der Waals surface area contributed by atoms with E-state index in [0.717, 1.165) is 24.8 Å². The number of sulfone groups is 1. The summed E-state index contributed by atoms with van der Waals surface area (Å²) in [5.41, 5.74) is 0.905. The summed E-state index contributed by atoms with van der Waals surface area (Å²) in [5.74, 6) is 0.117. The zero-order valence-electron chi connectivity index (χ0n) is 12.4. The van der Waals surface area contributed by atoms with Crippen molar-refractivity contribution in [2.24, 2.45) is 5.92 Å². The Morgan fingerprint density at radius 1 is 1.24 bits per heavy atom. The van der Waals surface area contributed by atoms with Crippen LogP contribution >= 0.6 is 0 Å². The van der Waals surface area contributed by atoms with Gasteiger partial charge in [-0.05, 0) is 43.9 Å². The highest BCUT2D eigenvalue weighted by Crippen LogP contribution is 2.21. The quantitative estimate of drug-likeness (QED) is 0.870. The Bertz CT molecular complexity index is 632. The van der Waals surface area contributed by atoms with Gasteiger partial charge in [-0.1, -0.05) is 24.3 Å². The van der Waals surface area contributed by atoms with Crippen LogP contribution in [0, 0.1) is 5.92 Å². The van der Waals surface area contributed by atoms with Crippen molar-refractivity contribution >= 4 is 15.7 Å². The summed E-state index contributed by atoms with van der Waals surface area (Å²) < 4.78 is 22.8. The van der Waals surface area contributed by atoms with Crippen LogP contribution in [-0.2, 0) is 14.6 Å². The van der Waals surface area contributed by atoms with Gasteiger partial charge in [0.05, 0.1) is 10.9 Å². The molecule has 0 aliphatic heterocycles. The summed E-state index contributed by atoms with van der Waals surface area (Å²) in [6.07, 6.45) is 7.99. The lowest BCUT2D eigenvalue weighted by atomic mass is 9.93. The number of rotatable bonds is 4. The van der Waals surface area contributed by atoms with Crippen LogP contribution in [0.4, 0.5) is 0 Å². The highest BCUT2D eigenvalue weighted by atomic mass is 32.2. The largest absolute Gasteiger partial charge is 0.349 e. The molecule has 2 rings (SSSR count). The van der Waals surface area contributed by atoms with Crippen molar-refractivity contribution in [1.29, 1.82) is 0 Å². The van der Waals surface area contributed by atoms with Gasteiger partial charge in [0, 0.05) is 12.2 Å². The van der Waals surface area contributed by atoms with Gasteiger partial charge >= 0.3 is 0 Å². The van der Waals surface area contributed by atoms with Crippen molar-refractivity contribution in [2.75, 3.05) is 6.26 Å². The third kappa shape index (κ3) is 4.17. The predicted octanol–water partition coefficient (Wildman–Crippen LogP) is 2.62. The molecular formula is C16H21NO3S. The summed E-state index contributed by atoms with van der Waals surface area (Å²) >= 11 is 0. The smallest absolute Gasteiger partial charge is 0.223 e. The lowest BCUT2D eigenvalue weighted by molar-refractivity contribution is -0.125. The standard InChI is InChI=1S/C16H21NO3S/c1-12(17-16(18)14-6-4-3-5-7-14)13-8-10-15(11-9-13)21(2,19)20/h3-4,8-12,14H,5-7H2,1-2H3,(H,17,18)/t12-,14+/m1/s1. The minimum Gasteiger partial charge on any atom is -0.349 e. The predicted molar refractivity (Wildman–Crippen MR) is 82.6 cm³/mol. The van der Waals surface area contributed by atoms with Crippen molar-refractivity contribution in [2.45, 2.75) is 37.1 Å². The van der Waals surface area contributed by atoms with Gasteiger partial charge in [0.15, 0.2) is 9.84 Å². The Balaban J connectivity index is 2.01. The molecule has 1 aromatic rings. The van der Waals surface area contributed by atoms with Crippen LogP contribution in [0.25, 0.3) is 0 Å². The fourth-order valence-corrected chi connectivity index (χ4v) is 3.08. The number of hydrogen-bond donors (Lipinski definition) is 1. The van der Waals surface area contributed by atoms with Gasteiger partial charge in [-0.2, -0.15) is 0 Å². The second-order valence-electron chi connectivity index (χ2n) is 5.55. The summed E-state index contributed by atoms with van der Waals surface area (Å²) in [6, 6.07) is 6.54. The van der Waals surface area contributed by atoms with E-state index in [4.69, 9.17) is 0 Å². The number of allylic oxidation sites excluding steroid dienone is 2. The Hall–Kier alpha value is -1.62. The van der Waals surface area contributed by atoms with E-state index in [1.54, 1.807) is 24.3 Å². The van der Waals surface area contributed by atoms with Gasteiger partial charge in [0.2, 0.25) is 5.91 Å². The fourth-order valence-electron chi connectivity index (χ4n) is 2.45. The molecule has 1 aromatic carbocycles. The average molecular weight is 307 g/mol. The summed E-state index contributed by atoms with van der Waals surface area (Å²) in [5, 5.41) is 3.00. The highest BCUT2D eigenvalue weighted by molar-refractivity contribution is 7.90. The van der Waals surface area contributed by atoms with Crippen LogP contribution in [0.1, 0.15) is 37.8 Å². The van der Waals surface area contributed by atoms with Crippen LogP contribution in [-0.4, -0.2) is 20.6 Å². The first-order valence-corrected chi connectivity index (χ1v) is 9.02. The number of amides is 1. The van der Waals surface area contributed by atoms with Crippen molar-refractivity contribution in [1.82, 2.24) is 5.32 Å². The van der Waals surface area contributed by atoms with E-state index in [1.165, 1.54) is 6.26 Å². The molecule has 0 spiro atoms. The molecule has 2 atom stereocenters. The fraction of sp³-hybridized carbons (Fsp3) is 0.438. The van der Waals surface area contributed by atoms with Crippen molar-refractivity contribution in [3.8, 4) is 0 Å². The molecule has 1 aliphatic carbocycles. The maximum Gasteiger partial charge on any atom is 0.223 e. The van der Waals surface area contributed by atoms with Gasteiger partial charge < -0.3 is 5.32 Å². The normalized spacial score (nSPS) is 20.0. The molecule has 0 aromatic heterocycles. The molecule has 0 unspecified atom stereocenters. The third-order valence-corrected chi connectivity index (χ3v) is 4.94. The van der Waals surface area contributed by atoms with Crippen LogP contribution in [0.3, 0.4) is 0 Å². The van der Waals surface area contributed by atoms with E-state index in [1.807, 2.05) is 6.92 Å². The molecule has 21 heavy (non-hydrogen) atoms. The minimum absolute atomic E-state index is 0.0488. The summed E-state index contributed by atoms with van der Waals surface area (Å²) in [7, 11) is -3.18. The zero-order valence-corrected chi connectivity index (χ0v) is 13.2. The lowest BCUT2D eigenvalue weighted by Gasteiger charge is -2.21. The Labute approximate surface area is 126 Å². The van der Waals surface area contributed by atoms with Gasteiger partial charge in [-0.25, -0.2) is 8.42 Å². The first-order valence-electron chi connectivity index (χ1n) is 7.13. The van der Waals surface area contributed by atoms with E-state index < -0.39 is 9.84 Å². The maximum atomic E-state index is 12.2. The van der Waals surface area contributed by atoms with E-state index in [-0.39, 0.29) is 17.9 Å². The molecule has 0 heterocycles. The third-order valence-electron chi connectivity index (χ3n) is 3.81. The number of benzene rings is 1. The first-order chi connectivity index (χ1) is 9.88. The molecule has 0 radical (unpaired) electrons. The molecule has 5 heteroatoms. The van der Waals surface area contributed by atoms with E-state index in [0.29, 0.717) is 4.90 Å². The molecule has 0 bridgehead atoms. The van der Waals surface area contributed by atoms with Crippen LogP contribution < -0.4 is 5.32 Å². The number of nitrogens with one attached hydrogen (secondary N) is 1. The molecule has 1 amide bonds. The monoisotopic (exact) mass is 307 g/mol. The summed E-state index contributed by atoms with van der Waals surface area (Å²) in [4.78, 5) is 12.5. The molecule has 1 N–H and O–H groups in total. The lowest BCUT2D eigenvalue weighted by Crippen LogP contribution is -2.33. The molecule has 0 saturated carbocycles. The molecule has 1 aliphatic rings. The molecule has 114 valence electrons. The maximum absolute atomic E-state index is 12.2. The van der Waals surface area contributed by atoms with E-state index >= 15 is 0 Å². The molecule has 0 fully saturated rings. The van der Waals surface area contributed by atoms with Gasteiger partial charge in [0.1, 0.15) is 0 Å². The second-order valence-corrected chi connectivity index (χ2v) is 7.57. The number of carbonyl (C=O) groups excluding carboxylic acids is 1. The SMILES string of the molecule is C[C@@H](NC(=O)[C@H]1CC=CCC1)c1ccc(S(C)(=O)=O)cc1. The highest BCUT2D eigenvalue weighted by Gasteiger charge is 2.20. The molecule has 0 saturated heterocycles. The Morgan fingerprint density at radius 2 is 1.90 bits per heavy atom. The molecular weight excluding hydrogens is 286 g/mol. The van der Waals surface area contributed by atoms with Crippen molar-refractivity contribution < 1.29 is 13.2 Å². The van der Waals surface area contributed by atoms with E-state index in [9.17, 15) is 13.2 Å². The summed E-state index contributed by atoms with van der Waals surface area (Å²) in [6.45, 7) is 1.91. The zero-order chi connectivity index (χ0) is 15.5.